The molecule has 2 aromatic rings. The quantitative estimate of drug-likeness (QED) is 0.675. The second-order valence-electron chi connectivity index (χ2n) is 6.09. The number of hydrogen-bond donors (Lipinski definition) is 3. The molecule has 0 spiro atoms. The molecule has 25 heavy (non-hydrogen) atoms. The molecule has 136 valence electrons. The number of carbonyl (C=O) groups excluding carboxylic acids is 1. The van der Waals surface area contributed by atoms with Crippen LogP contribution in [0.5, 0.6) is 0 Å². The minimum absolute atomic E-state index is 0.00434. The van der Waals surface area contributed by atoms with E-state index in [0.717, 1.165) is 10.4 Å². The number of thiophene rings is 1. The van der Waals surface area contributed by atoms with Crippen LogP contribution >= 0.6 is 11.3 Å². The van der Waals surface area contributed by atoms with Gasteiger partial charge in [-0.05, 0) is 26.3 Å². The van der Waals surface area contributed by atoms with Gasteiger partial charge in [0, 0.05) is 24.8 Å². The number of hydrogen-bond acceptors (Lipinski definition) is 6. The first kappa shape index (κ1) is 19.1. The lowest BCUT2D eigenvalue weighted by Gasteiger charge is -2.25. The molecule has 0 aromatic carbocycles. The summed E-state index contributed by atoms with van der Waals surface area (Å²) in [6, 6.07) is 0. The van der Waals surface area contributed by atoms with Crippen LogP contribution in [0.15, 0.2) is 4.79 Å². The van der Waals surface area contributed by atoms with Crippen molar-refractivity contribution < 1.29 is 19.4 Å². The third-order valence-corrected chi connectivity index (χ3v) is 5.10. The number of amides is 1. The molecular weight excluding hydrogens is 346 g/mol. The summed E-state index contributed by atoms with van der Waals surface area (Å²) in [6.07, 6.45) is 0.208. The van der Waals surface area contributed by atoms with E-state index in [1.165, 1.54) is 25.4 Å². The molecule has 2 aromatic heterocycles. The molecule has 1 amide bonds. The van der Waals surface area contributed by atoms with Crippen LogP contribution in [0.3, 0.4) is 0 Å². The Morgan fingerprint density at radius 1 is 1.40 bits per heavy atom. The van der Waals surface area contributed by atoms with Crippen molar-refractivity contribution in [1.82, 2.24) is 15.3 Å². The number of H-pyrrole nitrogens is 1. The van der Waals surface area contributed by atoms with Gasteiger partial charge in [0.05, 0.1) is 12.0 Å². The first-order valence-corrected chi connectivity index (χ1v) is 8.52. The number of ether oxygens (including phenoxy) is 1. The highest BCUT2D eigenvalue weighted by molar-refractivity contribution is 7.18. The number of aromatic amines is 1. The van der Waals surface area contributed by atoms with Crippen molar-refractivity contribution in [2.45, 2.75) is 39.2 Å². The molecule has 0 saturated carbocycles. The number of methoxy groups -OCH3 is 1. The summed E-state index contributed by atoms with van der Waals surface area (Å²) in [5.41, 5.74) is -0.814. The van der Waals surface area contributed by atoms with Gasteiger partial charge in [-0.15, -0.1) is 11.3 Å². The Kier molecular flexibility index (Phi) is 5.58. The molecule has 1 unspecified atom stereocenters. The summed E-state index contributed by atoms with van der Waals surface area (Å²) >= 11 is 1.44. The number of nitrogens with one attached hydrogen (secondary N) is 2. The van der Waals surface area contributed by atoms with E-state index >= 15 is 0 Å². The summed E-state index contributed by atoms with van der Waals surface area (Å²) in [4.78, 5) is 44.3. The van der Waals surface area contributed by atoms with E-state index in [1.807, 2.05) is 13.8 Å². The minimum Gasteiger partial charge on any atom is -0.479 e. The lowest BCUT2D eigenvalue weighted by molar-refractivity contribution is -0.149. The van der Waals surface area contributed by atoms with Crippen LogP contribution in [0.2, 0.25) is 0 Å². The van der Waals surface area contributed by atoms with Gasteiger partial charge in [0.15, 0.2) is 5.54 Å². The summed E-state index contributed by atoms with van der Waals surface area (Å²) in [6.45, 7) is 5.03. The van der Waals surface area contributed by atoms with Crippen molar-refractivity contribution >= 4 is 33.4 Å². The van der Waals surface area contributed by atoms with Gasteiger partial charge in [-0.1, -0.05) is 0 Å². The fourth-order valence-corrected chi connectivity index (χ4v) is 3.51. The lowest BCUT2D eigenvalue weighted by Crippen LogP contribution is -2.55. The summed E-state index contributed by atoms with van der Waals surface area (Å²) in [5.74, 6) is -1.24. The zero-order chi connectivity index (χ0) is 18.8. The van der Waals surface area contributed by atoms with Crippen LogP contribution in [0.1, 0.15) is 29.6 Å². The van der Waals surface area contributed by atoms with E-state index in [4.69, 9.17) is 4.74 Å². The Morgan fingerprint density at radius 3 is 2.68 bits per heavy atom. The van der Waals surface area contributed by atoms with E-state index in [1.54, 1.807) is 0 Å². The maximum atomic E-state index is 12.2. The Hall–Kier alpha value is -2.26. The highest BCUT2D eigenvalue weighted by atomic mass is 32.1. The monoisotopic (exact) mass is 367 g/mol. The fourth-order valence-electron chi connectivity index (χ4n) is 2.46. The van der Waals surface area contributed by atoms with Gasteiger partial charge in [0.2, 0.25) is 5.91 Å². The molecule has 8 nitrogen and oxygen atoms in total. The predicted octanol–water partition coefficient (Wildman–Crippen LogP) is 1.14. The van der Waals surface area contributed by atoms with Gasteiger partial charge in [0.25, 0.3) is 5.56 Å². The molecule has 2 rings (SSSR count). The molecule has 0 fully saturated rings. The smallest absolute Gasteiger partial charge is 0.331 e. The molecule has 0 saturated heterocycles. The lowest BCUT2D eigenvalue weighted by atomic mass is 10.0. The highest BCUT2D eigenvalue weighted by Crippen LogP contribution is 2.25. The number of carbonyl (C=O) groups is 2. The average molecular weight is 367 g/mol. The van der Waals surface area contributed by atoms with E-state index in [-0.39, 0.29) is 25.0 Å². The largest absolute Gasteiger partial charge is 0.479 e. The first-order chi connectivity index (χ1) is 11.7. The van der Waals surface area contributed by atoms with Crippen molar-refractivity contribution in [2.75, 3.05) is 13.7 Å². The van der Waals surface area contributed by atoms with Crippen LogP contribution in [0.25, 0.3) is 10.2 Å². The molecule has 3 N–H and O–H groups in total. The molecule has 0 aliphatic heterocycles. The minimum atomic E-state index is -1.50. The van der Waals surface area contributed by atoms with E-state index in [0.29, 0.717) is 16.0 Å². The fraction of sp³-hybridized carbons (Fsp3) is 0.500. The highest BCUT2D eigenvalue weighted by Gasteiger charge is 2.34. The standard InChI is InChI=1S/C16H21N3O5S/c1-8-9(2)25-14-12(8)13(21)17-10(18-14)5-6-11(20)19-16(3,7-24-4)15(22)23/h5-7H2,1-4H3,(H,19,20)(H,22,23)(H,17,18,21). The van der Waals surface area contributed by atoms with E-state index in [2.05, 4.69) is 15.3 Å². The second kappa shape index (κ2) is 7.32. The number of aromatic nitrogens is 2. The van der Waals surface area contributed by atoms with Gasteiger partial charge in [-0.2, -0.15) is 0 Å². The van der Waals surface area contributed by atoms with Crippen LogP contribution in [0, 0.1) is 13.8 Å². The molecule has 0 aliphatic rings. The zero-order valence-electron chi connectivity index (χ0n) is 14.6. The summed E-state index contributed by atoms with van der Waals surface area (Å²) < 4.78 is 4.86. The third-order valence-electron chi connectivity index (χ3n) is 4.00. The number of carboxylic acid groups (broad SMARTS) is 1. The topological polar surface area (TPSA) is 121 Å². The molecule has 2 heterocycles. The number of carboxylic acids is 1. The van der Waals surface area contributed by atoms with Crippen molar-refractivity contribution in [2.24, 2.45) is 0 Å². The first-order valence-electron chi connectivity index (χ1n) is 7.70. The zero-order valence-corrected chi connectivity index (χ0v) is 15.4. The number of aryl methyl sites for hydroxylation is 3. The van der Waals surface area contributed by atoms with Crippen LogP contribution in [-0.4, -0.2) is 46.2 Å². The van der Waals surface area contributed by atoms with Crippen molar-refractivity contribution in [3.8, 4) is 0 Å². The molecule has 1 atom stereocenters. The normalized spacial score (nSPS) is 13.6. The Bertz CT molecular complexity index is 873. The molecular formula is C16H21N3O5S. The number of fused-ring (bicyclic) bond motifs is 1. The Labute approximate surface area is 148 Å². The van der Waals surface area contributed by atoms with Gasteiger partial charge < -0.3 is 20.1 Å². The van der Waals surface area contributed by atoms with Crippen LogP contribution < -0.4 is 10.9 Å². The SMILES string of the molecule is COCC(C)(NC(=O)CCc1nc2sc(C)c(C)c2c(=O)[nH]1)C(=O)O. The molecule has 0 aliphatic carbocycles. The molecule has 9 heteroatoms. The van der Waals surface area contributed by atoms with E-state index < -0.39 is 17.4 Å². The predicted molar refractivity (Wildman–Crippen MR) is 94.1 cm³/mol. The molecule has 0 radical (unpaired) electrons. The molecule has 0 bridgehead atoms. The Balaban J connectivity index is 2.11. The van der Waals surface area contributed by atoms with Crippen molar-refractivity contribution in [3.63, 3.8) is 0 Å². The van der Waals surface area contributed by atoms with Crippen LogP contribution in [-0.2, 0) is 20.7 Å². The van der Waals surface area contributed by atoms with Gasteiger partial charge in [-0.3, -0.25) is 9.59 Å². The van der Waals surface area contributed by atoms with Crippen molar-refractivity contribution in [1.29, 1.82) is 0 Å². The average Bonchev–Trinajstić information content (AvgIpc) is 2.80. The maximum Gasteiger partial charge on any atom is 0.331 e. The van der Waals surface area contributed by atoms with E-state index in [9.17, 15) is 19.5 Å². The second-order valence-corrected chi connectivity index (χ2v) is 7.30. The summed E-state index contributed by atoms with van der Waals surface area (Å²) in [7, 11) is 1.36. The van der Waals surface area contributed by atoms with Crippen LogP contribution in [0.4, 0.5) is 0 Å². The summed E-state index contributed by atoms with van der Waals surface area (Å²) in [5, 5.41) is 12.3. The maximum absolute atomic E-state index is 12.2. The van der Waals surface area contributed by atoms with Gasteiger partial charge in [0.1, 0.15) is 10.7 Å². The van der Waals surface area contributed by atoms with Gasteiger partial charge in [-0.25, -0.2) is 9.78 Å². The Morgan fingerprint density at radius 2 is 2.08 bits per heavy atom. The third kappa shape index (κ3) is 4.05. The van der Waals surface area contributed by atoms with Gasteiger partial charge >= 0.3 is 5.97 Å². The number of rotatable bonds is 7. The number of aliphatic carboxylic acids is 1. The van der Waals surface area contributed by atoms with Crippen molar-refractivity contribution in [3.05, 3.63) is 26.6 Å². The number of nitrogens with zero attached hydrogens (tertiary/aromatic N) is 1.